The highest BCUT2D eigenvalue weighted by Gasteiger charge is 2.09. The van der Waals surface area contributed by atoms with Gasteiger partial charge >= 0.3 is 0 Å². The normalized spacial score (nSPS) is 25.4. The zero-order chi connectivity index (χ0) is 7.40. The lowest BCUT2D eigenvalue weighted by molar-refractivity contribution is 0.310. The topological polar surface area (TPSA) is 32.3 Å². The van der Waals surface area contributed by atoms with E-state index in [1.54, 1.807) is 0 Å². The van der Waals surface area contributed by atoms with Crippen LogP contribution >= 0.6 is 0 Å². The van der Waals surface area contributed by atoms with Crippen molar-refractivity contribution in [3.8, 4) is 0 Å². The summed E-state index contributed by atoms with van der Waals surface area (Å²) in [5, 5.41) is 11.9. The molecule has 1 heterocycles. The Morgan fingerprint density at radius 2 is 2.60 bits per heavy atom. The van der Waals surface area contributed by atoms with Crippen molar-refractivity contribution < 1.29 is 5.11 Å². The number of aliphatic hydroxyl groups excluding tert-OH is 1. The van der Waals surface area contributed by atoms with E-state index in [9.17, 15) is 0 Å². The molecule has 0 fully saturated rings. The molecule has 2 N–H and O–H groups in total. The van der Waals surface area contributed by atoms with E-state index in [0.29, 0.717) is 0 Å². The summed E-state index contributed by atoms with van der Waals surface area (Å²) < 4.78 is 0. The number of aliphatic hydroxyl groups is 1. The fraction of sp³-hybridized carbons (Fsp3) is 0.750. The number of hydrogen-bond donors (Lipinski definition) is 2. The van der Waals surface area contributed by atoms with Gasteiger partial charge in [-0.1, -0.05) is 19.4 Å². The smallest absolute Gasteiger partial charge is 0.0824 e. The van der Waals surface area contributed by atoms with Gasteiger partial charge in [0.15, 0.2) is 0 Å². The molecule has 0 saturated heterocycles. The molecule has 0 aliphatic carbocycles. The van der Waals surface area contributed by atoms with Gasteiger partial charge in [0.1, 0.15) is 0 Å². The summed E-state index contributed by atoms with van der Waals surface area (Å²) in [7, 11) is 0. The Morgan fingerprint density at radius 1 is 1.80 bits per heavy atom. The van der Waals surface area contributed by atoms with E-state index >= 15 is 0 Å². The van der Waals surface area contributed by atoms with Crippen LogP contribution in [0.4, 0.5) is 0 Å². The Balaban J connectivity index is 2.36. The maximum Gasteiger partial charge on any atom is 0.0824 e. The van der Waals surface area contributed by atoms with Gasteiger partial charge in [0, 0.05) is 12.2 Å². The third kappa shape index (κ3) is 1.74. The molecule has 2 heteroatoms. The minimum absolute atomic E-state index is 0.163. The molecule has 1 unspecified atom stereocenters. The van der Waals surface area contributed by atoms with E-state index in [4.69, 9.17) is 5.11 Å². The van der Waals surface area contributed by atoms with E-state index in [1.165, 1.54) is 6.42 Å². The van der Waals surface area contributed by atoms with Gasteiger partial charge in [-0.2, -0.15) is 0 Å². The number of allylic oxidation sites excluding steroid dienone is 1. The fourth-order valence-electron chi connectivity index (χ4n) is 1.17. The quantitative estimate of drug-likeness (QED) is 0.598. The van der Waals surface area contributed by atoms with Crippen LogP contribution in [0, 0.1) is 5.92 Å². The summed E-state index contributed by atoms with van der Waals surface area (Å²) in [6.45, 7) is 3.39. The maximum atomic E-state index is 8.72. The van der Waals surface area contributed by atoms with Crippen molar-refractivity contribution >= 4 is 0 Å². The van der Waals surface area contributed by atoms with Gasteiger partial charge in [-0.25, -0.2) is 0 Å². The zero-order valence-corrected chi connectivity index (χ0v) is 6.43. The molecule has 0 saturated carbocycles. The van der Waals surface area contributed by atoms with Gasteiger partial charge in [0.2, 0.25) is 0 Å². The highest BCUT2D eigenvalue weighted by molar-refractivity contribution is 5.04. The van der Waals surface area contributed by atoms with Crippen molar-refractivity contribution in [1.29, 1.82) is 0 Å². The lowest BCUT2D eigenvalue weighted by Crippen LogP contribution is -2.27. The van der Waals surface area contributed by atoms with Crippen LogP contribution in [0.3, 0.4) is 0 Å². The van der Waals surface area contributed by atoms with Gasteiger partial charge in [0.05, 0.1) is 6.61 Å². The predicted octanol–water partition coefficient (Wildman–Crippen LogP) is 0.882. The summed E-state index contributed by atoms with van der Waals surface area (Å²) in [5.74, 6) is 0.773. The van der Waals surface area contributed by atoms with Crippen LogP contribution in [0.1, 0.15) is 19.8 Å². The Hall–Kier alpha value is -0.500. The number of hydrogen-bond acceptors (Lipinski definition) is 2. The average Bonchev–Trinajstić information content (AvgIpc) is 2.05. The summed E-state index contributed by atoms with van der Waals surface area (Å²) >= 11 is 0. The first kappa shape index (κ1) is 7.61. The molecule has 0 radical (unpaired) electrons. The first-order valence-electron chi connectivity index (χ1n) is 3.90. The second kappa shape index (κ2) is 3.62. The van der Waals surface area contributed by atoms with Gasteiger partial charge in [-0.3, -0.25) is 0 Å². The Labute approximate surface area is 61.9 Å². The first-order valence-corrected chi connectivity index (χ1v) is 3.90. The highest BCUT2D eigenvalue weighted by atomic mass is 16.3. The largest absolute Gasteiger partial charge is 0.390 e. The van der Waals surface area contributed by atoms with Crippen LogP contribution in [-0.2, 0) is 0 Å². The van der Waals surface area contributed by atoms with E-state index in [1.807, 2.05) is 0 Å². The van der Waals surface area contributed by atoms with Crippen LogP contribution in [0.2, 0.25) is 0 Å². The predicted molar refractivity (Wildman–Crippen MR) is 41.6 cm³/mol. The molecule has 1 aliphatic rings. The molecular formula is C8H15NO. The average molecular weight is 141 g/mol. The van der Waals surface area contributed by atoms with Crippen molar-refractivity contribution in [2.75, 3.05) is 13.2 Å². The van der Waals surface area contributed by atoms with Gasteiger partial charge in [0.25, 0.3) is 0 Å². The zero-order valence-electron chi connectivity index (χ0n) is 6.43. The van der Waals surface area contributed by atoms with Crippen molar-refractivity contribution in [1.82, 2.24) is 5.32 Å². The fourth-order valence-corrected chi connectivity index (χ4v) is 1.17. The molecule has 2 nitrogen and oxygen atoms in total. The Morgan fingerprint density at radius 3 is 3.00 bits per heavy atom. The molecule has 58 valence electrons. The number of rotatable bonds is 2. The molecule has 0 aromatic heterocycles. The monoisotopic (exact) mass is 141 g/mol. The second-order valence-electron chi connectivity index (χ2n) is 2.78. The van der Waals surface area contributed by atoms with Gasteiger partial charge < -0.3 is 10.4 Å². The molecule has 0 bridgehead atoms. The van der Waals surface area contributed by atoms with Crippen molar-refractivity contribution in [2.45, 2.75) is 19.8 Å². The lowest BCUT2D eigenvalue weighted by Gasteiger charge is -2.21. The van der Waals surface area contributed by atoms with Crippen molar-refractivity contribution in [3.63, 3.8) is 0 Å². The number of nitrogens with one attached hydrogen (secondary N) is 1. The van der Waals surface area contributed by atoms with E-state index < -0.39 is 0 Å². The third-order valence-electron chi connectivity index (χ3n) is 2.06. The molecule has 10 heavy (non-hydrogen) atoms. The van der Waals surface area contributed by atoms with Gasteiger partial charge in [-0.05, 0) is 12.3 Å². The molecule has 0 aromatic carbocycles. The summed E-state index contributed by atoms with van der Waals surface area (Å²) in [5.41, 5.74) is 0.990. The standard InChI is InChI=1S/C8H15NO/c1-2-7-3-4-8(6-10)9-5-7/h4,7,9-10H,2-3,5-6H2,1H3. The van der Waals surface area contributed by atoms with Crippen LogP contribution in [0.15, 0.2) is 11.8 Å². The van der Waals surface area contributed by atoms with Crippen LogP contribution < -0.4 is 5.32 Å². The van der Waals surface area contributed by atoms with E-state index in [-0.39, 0.29) is 6.61 Å². The second-order valence-corrected chi connectivity index (χ2v) is 2.78. The van der Waals surface area contributed by atoms with Crippen LogP contribution in [0.25, 0.3) is 0 Å². The molecule has 1 atom stereocenters. The Bertz CT molecular complexity index is 131. The summed E-state index contributed by atoms with van der Waals surface area (Å²) in [4.78, 5) is 0. The van der Waals surface area contributed by atoms with Gasteiger partial charge in [-0.15, -0.1) is 0 Å². The summed E-state index contributed by atoms with van der Waals surface area (Å²) in [6, 6.07) is 0. The molecule has 0 amide bonds. The van der Waals surface area contributed by atoms with Crippen molar-refractivity contribution in [3.05, 3.63) is 11.8 Å². The Kier molecular flexibility index (Phi) is 2.75. The van der Waals surface area contributed by atoms with E-state index in [2.05, 4.69) is 18.3 Å². The maximum absolute atomic E-state index is 8.72. The van der Waals surface area contributed by atoms with Crippen molar-refractivity contribution in [2.24, 2.45) is 5.92 Å². The minimum Gasteiger partial charge on any atom is -0.390 e. The van der Waals surface area contributed by atoms with Crippen LogP contribution in [-0.4, -0.2) is 18.3 Å². The molecular weight excluding hydrogens is 126 g/mol. The molecule has 0 spiro atoms. The lowest BCUT2D eigenvalue weighted by atomic mass is 9.99. The molecule has 1 aliphatic heterocycles. The summed E-state index contributed by atoms with van der Waals surface area (Å²) in [6.07, 6.45) is 4.44. The molecule has 0 aromatic rings. The van der Waals surface area contributed by atoms with Crippen LogP contribution in [0.5, 0.6) is 0 Å². The first-order chi connectivity index (χ1) is 4.86. The SMILES string of the molecule is CCC1CC=C(CO)NC1. The molecule has 1 rings (SSSR count). The van der Waals surface area contributed by atoms with E-state index in [0.717, 1.165) is 24.6 Å². The minimum atomic E-state index is 0.163. The third-order valence-corrected chi connectivity index (χ3v) is 2.06. The highest BCUT2D eigenvalue weighted by Crippen LogP contribution is 2.13.